The zero-order valence-corrected chi connectivity index (χ0v) is 13.0. The summed E-state index contributed by atoms with van der Waals surface area (Å²) in [6, 6.07) is 10.1. The van der Waals surface area contributed by atoms with Gasteiger partial charge in [0.15, 0.2) is 0 Å². The highest BCUT2D eigenvalue weighted by Crippen LogP contribution is 2.26. The van der Waals surface area contributed by atoms with Gasteiger partial charge in [0, 0.05) is 39.4 Å². The minimum absolute atomic E-state index is 0.489. The molecule has 0 unspecified atom stereocenters. The standard InChI is InChI=1S/C16H24N4O/c1-13-15(12-17)16(19(2)10-7-11-21-3)20(18-13)14-8-5-4-6-9-14/h4-6,8-9H,7,10-12,17H2,1-3H3. The summed E-state index contributed by atoms with van der Waals surface area (Å²) in [5.74, 6) is 1.07. The van der Waals surface area contributed by atoms with Gasteiger partial charge in [0.2, 0.25) is 0 Å². The van der Waals surface area contributed by atoms with Gasteiger partial charge in [-0.15, -0.1) is 0 Å². The Morgan fingerprint density at radius 1 is 1.29 bits per heavy atom. The minimum atomic E-state index is 0.489. The van der Waals surface area contributed by atoms with Crippen LogP contribution in [0.4, 0.5) is 5.82 Å². The summed E-state index contributed by atoms with van der Waals surface area (Å²) in [7, 11) is 3.80. The van der Waals surface area contributed by atoms with E-state index in [1.165, 1.54) is 0 Å². The van der Waals surface area contributed by atoms with Crippen LogP contribution in [0.15, 0.2) is 30.3 Å². The number of methoxy groups -OCH3 is 1. The van der Waals surface area contributed by atoms with Crippen molar-refractivity contribution in [3.63, 3.8) is 0 Å². The number of nitrogens with two attached hydrogens (primary N) is 1. The zero-order chi connectivity index (χ0) is 15.2. The SMILES string of the molecule is COCCCN(C)c1c(CN)c(C)nn1-c1ccccc1. The fraction of sp³-hybridized carbons (Fsp3) is 0.438. The first-order valence-electron chi connectivity index (χ1n) is 7.23. The van der Waals surface area contributed by atoms with Crippen molar-refractivity contribution in [1.82, 2.24) is 9.78 Å². The lowest BCUT2D eigenvalue weighted by atomic mass is 10.2. The Morgan fingerprint density at radius 2 is 2.00 bits per heavy atom. The molecule has 1 heterocycles. The molecule has 0 fully saturated rings. The van der Waals surface area contributed by atoms with E-state index in [0.717, 1.165) is 42.3 Å². The summed E-state index contributed by atoms with van der Waals surface area (Å²) >= 11 is 0. The van der Waals surface area contributed by atoms with Crippen molar-refractivity contribution < 1.29 is 4.74 Å². The van der Waals surface area contributed by atoms with Gasteiger partial charge in [-0.1, -0.05) is 18.2 Å². The number of anilines is 1. The minimum Gasteiger partial charge on any atom is -0.385 e. The number of benzene rings is 1. The topological polar surface area (TPSA) is 56.3 Å². The molecule has 2 aromatic rings. The monoisotopic (exact) mass is 288 g/mol. The Labute approximate surface area is 126 Å². The quantitative estimate of drug-likeness (QED) is 0.793. The molecule has 1 aromatic heterocycles. The van der Waals surface area contributed by atoms with Gasteiger partial charge >= 0.3 is 0 Å². The van der Waals surface area contributed by atoms with E-state index in [9.17, 15) is 0 Å². The molecule has 0 amide bonds. The Morgan fingerprint density at radius 3 is 2.62 bits per heavy atom. The number of rotatable bonds is 7. The molecule has 0 saturated carbocycles. The molecule has 2 rings (SSSR count). The number of aromatic nitrogens is 2. The number of aryl methyl sites for hydroxylation is 1. The van der Waals surface area contributed by atoms with Gasteiger partial charge in [-0.3, -0.25) is 0 Å². The molecule has 0 radical (unpaired) electrons. The zero-order valence-electron chi connectivity index (χ0n) is 13.0. The van der Waals surface area contributed by atoms with Gasteiger partial charge in [0.25, 0.3) is 0 Å². The van der Waals surface area contributed by atoms with E-state index in [1.807, 2.05) is 29.8 Å². The van der Waals surface area contributed by atoms with Crippen LogP contribution in [-0.4, -0.2) is 37.1 Å². The predicted molar refractivity (Wildman–Crippen MR) is 86.0 cm³/mol. The van der Waals surface area contributed by atoms with Crippen molar-refractivity contribution in [2.75, 3.05) is 32.2 Å². The lowest BCUT2D eigenvalue weighted by molar-refractivity contribution is 0.196. The first-order chi connectivity index (χ1) is 10.2. The normalized spacial score (nSPS) is 10.9. The third-order valence-corrected chi connectivity index (χ3v) is 3.57. The summed E-state index contributed by atoms with van der Waals surface area (Å²) < 4.78 is 7.11. The van der Waals surface area contributed by atoms with Crippen molar-refractivity contribution in [3.8, 4) is 5.69 Å². The molecule has 5 nitrogen and oxygen atoms in total. The van der Waals surface area contributed by atoms with Gasteiger partial charge in [-0.05, 0) is 25.5 Å². The van der Waals surface area contributed by atoms with Crippen LogP contribution in [0.2, 0.25) is 0 Å². The van der Waals surface area contributed by atoms with E-state index in [4.69, 9.17) is 10.5 Å². The van der Waals surface area contributed by atoms with E-state index in [2.05, 4.69) is 29.2 Å². The maximum atomic E-state index is 5.93. The Bertz CT molecular complexity index is 565. The number of hydrogen-bond donors (Lipinski definition) is 1. The van der Waals surface area contributed by atoms with Gasteiger partial charge < -0.3 is 15.4 Å². The highest BCUT2D eigenvalue weighted by molar-refractivity contribution is 5.54. The molecule has 0 bridgehead atoms. The van der Waals surface area contributed by atoms with Crippen molar-refractivity contribution in [2.45, 2.75) is 19.9 Å². The first-order valence-corrected chi connectivity index (χ1v) is 7.23. The highest BCUT2D eigenvalue weighted by Gasteiger charge is 2.18. The summed E-state index contributed by atoms with van der Waals surface area (Å²) in [5.41, 5.74) is 9.06. The number of nitrogens with zero attached hydrogens (tertiary/aromatic N) is 3. The van der Waals surface area contributed by atoms with E-state index >= 15 is 0 Å². The molecule has 0 spiro atoms. The summed E-state index contributed by atoms with van der Waals surface area (Å²) in [4.78, 5) is 2.20. The van der Waals surface area contributed by atoms with Gasteiger partial charge in [0.05, 0.1) is 11.4 Å². The van der Waals surface area contributed by atoms with Crippen LogP contribution >= 0.6 is 0 Å². The maximum Gasteiger partial charge on any atom is 0.136 e. The van der Waals surface area contributed by atoms with Gasteiger partial charge in [-0.2, -0.15) is 5.10 Å². The fourth-order valence-corrected chi connectivity index (χ4v) is 2.48. The number of ether oxygens (including phenoxy) is 1. The summed E-state index contributed by atoms with van der Waals surface area (Å²) in [6.07, 6.45) is 0.968. The van der Waals surface area contributed by atoms with Gasteiger partial charge in [0.1, 0.15) is 5.82 Å². The predicted octanol–water partition coefficient (Wildman–Crippen LogP) is 2.11. The Kier molecular flexibility index (Phi) is 5.36. The van der Waals surface area contributed by atoms with E-state index in [-0.39, 0.29) is 0 Å². The lowest BCUT2D eigenvalue weighted by Crippen LogP contribution is -2.24. The first kappa shape index (κ1) is 15.5. The highest BCUT2D eigenvalue weighted by atomic mass is 16.5. The Balaban J connectivity index is 2.37. The molecular formula is C16H24N4O. The van der Waals surface area contributed by atoms with Crippen LogP contribution in [0.25, 0.3) is 5.69 Å². The smallest absolute Gasteiger partial charge is 0.136 e. The molecule has 1 aromatic carbocycles. The third-order valence-electron chi connectivity index (χ3n) is 3.57. The van der Waals surface area contributed by atoms with Crippen molar-refractivity contribution in [3.05, 3.63) is 41.6 Å². The third kappa shape index (κ3) is 3.43. The molecule has 114 valence electrons. The van der Waals surface area contributed by atoms with E-state index in [0.29, 0.717) is 6.54 Å². The number of para-hydroxylation sites is 1. The van der Waals surface area contributed by atoms with Crippen LogP contribution in [0, 0.1) is 6.92 Å². The summed E-state index contributed by atoms with van der Waals surface area (Å²) in [6.45, 7) is 4.15. The maximum absolute atomic E-state index is 5.93. The van der Waals surface area contributed by atoms with Crippen molar-refractivity contribution >= 4 is 5.82 Å². The van der Waals surface area contributed by atoms with Crippen LogP contribution in [0.5, 0.6) is 0 Å². The second-order valence-electron chi connectivity index (χ2n) is 5.11. The Hall–Kier alpha value is -1.85. The number of hydrogen-bond acceptors (Lipinski definition) is 4. The summed E-state index contributed by atoms with van der Waals surface area (Å²) in [5, 5.41) is 4.66. The van der Waals surface area contributed by atoms with E-state index in [1.54, 1.807) is 7.11 Å². The fourth-order valence-electron chi connectivity index (χ4n) is 2.48. The molecule has 0 aliphatic heterocycles. The van der Waals surface area contributed by atoms with Crippen LogP contribution in [0.1, 0.15) is 17.7 Å². The molecule has 21 heavy (non-hydrogen) atoms. The van der Waals surface area contributed by atoms with Crippen LogP contribution in [-0.2, 0) is 11.3 Å². The average molecular weight is 288 g/mol. The second kappa shape index (κ2) is 7.24. The van der Waals surface area contributed by atoms with Crippen LogP contribution < -0.4 is 10.6 Å². The molecule has 5 heteroatoms. The second-order valence-corrected chi connectivity index (χ2v) is 5.11. The average Bonchev–Trinajstić information content (AvgIpc) is 2.85. The van der Waals surface area contributed by atoms with Crippen molar-refractivity contribution in [2.24, 2.45) is 5.73 Å². The largest absolute Gasteiger partial charge is 0.385 e. The van der Waals surface area contributed by atoms with Gasteiger partial charge in [-0.25, -0.2) is 4.68 Å². The molecule has 0 aliphatic carbocycles. The molecule has 0 atom stereocenters. The van der Waals surface area contributed by atoms with Crippen molar-refractivity contribution in [1.29, 1.82) is 0 Å². The molecule has 0 saturated heterocycles. The molecular weight excluding hydrogens is 264 g/mol. The van der Waals surface area contributed by atoms with Crippen LogP contribution in [0.3, 0.4) is 0 Å². The lowest BCUT2D eigenvalue weighted by Gasteiger charge is -2.22. The molecule has 0 aliphatic rings. The van der Waals surface area contributed by atoms with E-state index < -0.39 is 0 Å². The molecule has 2 N–H and O–H groups in total.